The Morgan fingerprint density at radius 1 is 1.20 bits per heavy atom. The molecule has 0 saturated carbocycles. The van der Waals surface area contributed by atoms with Gasteiger partial charge in [-0.25, -0.2) is 0 Å². The van der Waals surface area contributed by atoms with Gasteiger partial charge in [-0.15, -0.1) is 0 Å². The van der Waals surface area contributed by atoms with Gasteiger partial charge in [-0.2, -0.15) is 0 Å². The smallest absolute Gasteiger partial charge is 0.243 e. The van der Waals surface area contributed by atoms with Gasteiger partial charge in [0.2, 0.25) is 17.7 Å². The van der Waals surface area contributed by atoms with Gasteiger partial charge in [0, 0.05) is 23.1 Å². The third-order valence-corrected chi connectivity index (χ3v) is 5.88. The van der Waals surface area contributed by atoms with E-state index >= 15 is 0 Å². The summed E-state index contributed by atoms with van der Waals surface area (Å²) >= 11 is 3.41. The predicted molar refractivity (Wildman–Crippen MR) is 119 cm³/mol. The largest absolute Gasteiger partial charge is 0.495 e. The number of methoxy groups -OCH3 is 1. The topological polar surface area (TPSA) is 87.7 Å². The van der Waals surface area contributed by atoms with Crippen molar-refractivity contribution in [3.63, 3.8) is 0 Å². The minimum Gasteiger partial charge on any atom is -0.495 e. The summed E-state index contributed by atoms with van der Waals surface area (Å²) in [6, 6.07) is 11.0. The summed E-state index contributed by atoms with van der Waals surface area (Å²) in [5.41, 5.74) is 3.30. The average molecular weight is 474 g/mol. The van der Waals surface area contributed by atoms with Crippen LogP contribution in [0.25, 0.3) is 0 Å². The van der Waals surface area contributed by atoms with Crippen molar-refractivity contribution >= 4 is 45.0 Å². The maximum absolute atomic E-state index is 12.5. The number of halogens is 1. The molecule has 3 amide bonds. The molecule has 1 aliphatic heterocycles. The van der Waals surface area contributed by atoms with E-state index in [1.54, 1.807) is 24.1 Å². The molecule has 8 heteroatoms. The zero-order chi connectivity index (χ0) is 21.8. The summed E-state index contributed by atoms with van der Waals surface area (Å²) in [4.78, 5) is 38.8. The highest BCUT2D eigenvalue weighted by Gasteiger charge is 2.36. The van der Waals surface area contributed by atoms with Crippen LogP contribution < -0.4 is 20.3 Å². The normalized spacial score (nSPS) is 15.8. The number of rotatable bonds is 6. The van der Waals surface area contributed by atoms with E-state index in [0.717, 1.165) is 15.6 Å². The molecule has 30 heavy (non-hydrogen) atoms. The Kier molecular flexibility index (Phi) is 6.77. The van der Waals surface area contributed by atoms with Crippen LogP contribution in [0.1, 0.15) is 17.5 Å². The summed E-state index contributed by atoms with van der Waals surface area (Å²) in [5.74, 6) is -0.732. The van der Waals surface area contributed by atoms with Gasteiger partial charge in [0.25, 0.3) is 0 Å². The minimum atomic E-state index is -0.523. The molecule has 3 rings (SSSR count). The predicted octanol–water partition coefficient (Wildman–Crippen LogP) is 3.18. The van der Waals surface area contributed by atoms with Crippen molar-refractivity contribution in [1.82, 2.24) is 5.32 Å². The van der Waals surface area contributed by atoms with E-state index in [0.29, 0.717) is 17.1 Å². The molecule has 0 aromatic heterocycles. The maximum atomic E-state index is 12.5. The first-order chi connectivity index (χ1) is 14.3. The lowest BCUT2D eigenvalue weighted by atomic mass is 10.1. The number of hydrogen-bond donors (Lipinski definition) is 2. The first-order valence-electron chi connectivity index (χ1n) is 9.57. The Bertz CT molecular complexity index is 992. The zero-order valence-corrected chi connectivity index (χ0v) is 18.7. The summed E-state index contributed by atoms with van der Waals surface area (Å²) in [7, 11) is 1.55. The lowest BCUT2D eigenvalue weighted by molar-refractivity contribution is -0.127. The molecular formula is C22H24BrN3O4. The molecule has 7 nitrogen and oxygen atoms in total. The Balaban J connectivity index is 1.57. The zero-order valence-electron chi connectivity index (χ0n) is 17.1. The average Bonchev–Trinajstić information content (AvgIpc) is 3.10. The van der Waals surface area contributed by atoms with Crippen LogP contribution in [0, 0.1) is 19.8 Å². The Labute approximate surface area is 183 Å². The van der Waals surface area contributed by atoms with Crippen molar-refractivity contribution in [3.8, 4) is 5.75 Å². The van der Waals surface area contributed by atoms with Gasteiger partial charge >= 0.3 is 0 Å². The van der Waals surface area contributed by atoms with E-state index in [-0.39, 0.29) is 37.2 Å². The summed E-state index contributed by atoms with van der Waals surface area (Å²) in [6.45, 7) is 3.94. The van der Waals surface area contributed by atoms with Crippen molar-refractivity contribution in [3.05, 3.63) is 52.0 Å². The summed E-state index contributed by atoms with van der Waals surface area (Å²) in [6.07, 6.45) is 0.0937. The molecular weight excluding hydrogens is 450 g/mol. The van der Waals surface area contributed by atoms with E-state index in [1.807, 2.05) is 38.1 Å². The molecule has 1 aliphatic rings. The number of aryl methyl sites for hydroxylation is 2. The molecule has 0 aliphatic carbocycles. The van der Waals surface area contributed by atoms with Crippen LogP contribution in [0.4, 0.5) is 11.4 Å². The second kappa shape index (κ2) is 9.30. The van der Waals surface area contributed by atoms with Gasteiger partial charge in [-0.05, 0) is 55.3 Å². The van der Waals surface area contributed by atoms with Crippen LogP contribution >= 0.6 is 15.9 Å². The van der Waals surface area contributed by atoms with E-state index < -0.39 is 5.92 Å². The van der Waals surface area contributed by atoms with E-state index in [2.05, 4.69) is 26.6 Å². The number of carbonyl (C=O) groups is 3. The minimum absolute atomic E-state index is 0.0937. The monoisotopic (exact) mass is 473 g/mol. The number of anilines is 2. The number of nitrogens with one attached hydrogen (secondary N) is 2. The number of amides is 3. The molecule has 0 spiro atoms. The number of ether oxygens (including phenoxy) is 1. The van der Waals surface area contributed by atoms with Gasteiger partial charge in [-0.1, -0.05) is 22.0 Å². The number of benzene rings is 2. The second-order valence-electron chi connectivity index (χ2n) is 7.31. The second-order valence-corrected chi connectivity index (χ2v) is 8.16. The Morgan fingerprint density at radius 3 is 2.67 bits per heavy atom. The molecule has 1 fully saturated rings. The van der Waals surface area contributed by atoms with Crippen molar-refractivity contribution < 1.29 is 19.1 Å². The van der Waals surface area contributed by atoms with Crippen LogP contribution in [0.5, 0.6) is 5.75 Å². The number of carbonyl (C=O) groups excluding carboxylic acids is 3. The fourth-order valence-corrected chi connectivity index (χ4v) is 3.61. The van der Waals surface area contributed by atoms with Gasteiger partial charge in [0.1, 0.15) is 5.75 Å². The fraction of sp³-hybridized carbons (Fsp3) is 0.318. The van der Waals surface area contributed by atoms with Gasteiger partial charge in [0.05, 0.1) is 25.3 Å². The number of nitrogens with zero attached hydrogens (tertiary/aromatic N) is 1. The van der Waals surface area contributed by atoms with Gasteiger partial charge < -0.3 is 20.3 Å². The van der Waals surface area contributed by atoms with Gasteiger partial charge in [-0.3, -0.25) is 14.4 Å². The number of hydrogen-bond acceptors (Lipinski definition) is 4. The van der Waals surface area contributed by atoms with Crippen LogP contribution in [0.15, 0.2) is 40.9 Å². The molecule has 2 aromatic rings. The third kappa shape index (κ3) is 4.99. The molecule has 2 aromatic carbocycles. The first kappa shape index (κ1) is 21.8. The van der Waals surface area contributed by atoms with Crippen LogP contribution in [0.2, 0.25) is 0 Å². The van der Waals surface area contributed by atoms with Gasteiger partial charge in [0.15, 0.2) is 0 Å². The molecule has 0 bridgehead atoms. The summed E-state index contributed by atoms with van der Waals surface area (Å²) < 4.78 is 6.31. The standard InChI is InChI=1S/C22H24BrN3O4/c1-13-4-7-19(30-3)18(8-13)26-12-15(10-21(26)28)22(29)24-11-20(27)25-16-5-6-17(23)14(2)9-16/h4-9,15H,10-12H2,1-3H3,(H,24,29)(H,25,27). The van der Waals surface area contributed by atoms with E-state index in [4.69, 9.17) is 4.74 Å². The third-order valence-electron chi connectivity index (χ3n) is 4.99. The first-order valence-corrected chi connectivity index (χ1v) is 10.4. The molecule has 1 heterocycles. The quantitative estimate of drug-likeness (QED) is 0.674. The highest BCUT2D eigenvalue weighted by Crippen LogP contribution is 2.33. The molecule has 1 unspecified atom stereocenters. The SMILES string of the molecule is COc1ccc(C)cc1N1CC(C(=O)NCC(=O)Nc2ccc(Br)c(C)c2)CC1=O. The Hall–Kier alpha value is -2.87. The van der Waals surface area contributed by atoms with Crippen molar-refractivity contribution in [2.45, 2.75) is 20.3 Å². The highest BCUT2D eigenvalue weighted by atomic mass is 79.9. The lowest BCUT2D eigenvalue weighted by Crippen LogP contribution is -2.38. The molecule has 1 saturated heterocycles. The lowest BCUT2D eigenvalue weighted by Gasteiger charge is -2.20. The molecule has 158 valence electrons. The van der Waals surface area contributed by atoms with Crippen molar-refractivity contribution in [2.75, 3.05) is 30.4 Å². The van der Waals surface area contributed by atoms with Crippen molar-refractivity contribution in [2.24, 2.45) is 5.92 Å². The van der Waals surface area contributed by atoms with Crippen molar-refractivity contribution in [1.29, 1.82) is 0 Å². The summed E-state index contributed by atoms with van der Waals surface area (Å²) in [5, 5.41) is 5.39. The van der Waals surface area contributed by atoms with Crippen LogP contribution in [0.3, 0.4) is 0 Å². The highest BCUT2D eigenvalue weighted by molar-refractivity contribution is 9.10. The van der Waals surface area contributed by atoms with Crippen LogP contribution in [-0.4, -0.2) is 37.9 Å². The molecule has 0 radical (unpaired) electrons. The molecule has 1 atom stereocenters. The van der Waals surface area contributed by atoms with Crippen LogP contribution in [-0.2, 0) is 14.4 Å². The van der Waals surface area contributed by atoms with E-state index in [1.165, 1.54) is 0 Å². The molecule has 2 N–H and O–H groups in total. The van der Waals surface area contributed by atoms with E-state index in [9.17, 15) is 14.4 Å². The maximum Gasteiger partial charge on any atom is 0.243 e. The fourth-order valence-electron chi connectivity index (χ4n) is 3.37. The Morgan fingerprint density at radius 2 is 1.97 bits per heavy atom.